The largest absolute Gasteiger partial charge is 1.00 e. The van der Waals surface area contributed by atoms with Crippen LogP contribution in [0.25, 0.3) is 0 Å². The third kappa shape index (κ3) is 3.43. The number of hydrogen-bond acceptors (Lipinski definition) is 3. The first-order valence-electron chi connectivity index (χ1n) is 5.60. The number of amidine groups is 1. The van der Waals surface area contributed by atoms with Crippen molar-refractivity contribution in [1.29, 1.82) is 0 Å². The van der Waals surface area contributed by atoms with E-state index < -0.39 is 23.3 Å². The molecule has 0 spiro atoms. The molecule has 1 N–H and O–H groups in total. The Bertz CT molecular complexity index is 349. The Morgan fingerprint density at radius 1 is 1.39 bits per heavy atom. The number of rotatable bonds is 4. The molecule has 0 aliphatic carbocycles. The van der Waals surface area contributed by atoms with E-state index in [1.54, 1.807) is 6.92 Å². The monoisotopic (exact) mass is 280 g/mol. The predicted octanol–water partition coefficient (Wildman–Crippen LogP) is -4.26. The second-order valence-electron chi connectivity index (χ2n) is 4.19. The van der Waals surface area contributed by atoms with Crippen molar-refractivity contribution in [3.05, 3.63) is 0 Å². The summed E-state index contributed by atoms with van der Waals surface area (Å²) in [5, 5.41) is 13.1. The molecule has 0 fully saturated rings. The second kappa shape index (κ2) is 8.09. The number of hydrogen-bond donors (Lipinski definition) is 1. The molecule has 1 aliphatic heterocycles. The van der Waals surface area contributed by atoms with Gasteiger partial charge in [-0.25, -0.2) is 4.99 Å². The fraction of sp³-hybridized carbons (Fsp3) is 0.727. The van der Waals surface area contributed by atoms with Crippen molar-refractivity contribution in [2.24, 2.45) is 16.3 Å². The van der Waals surface area contributed by atoms with Gasteiger partial charge in [0, 0.05) is 0 Å². The number of carbonyl (C=O) groups is 2. The van der Waals surface area contributed by atoms with Crippen LogP contribution in [0.15, 0.2) is 4.99 Å². The summed E-state index contributed by atoms with van der Waals surface area (Å²) < 4.78 is 0. The minimum absolute atomic E-state index is 0. The second-order valence-corrected chi connectivity index (χ2v) is 4.19. The van der Waals surface area contributed by atoms with Gasteiger partial charge >= 0.3 is 29.6 Å². The van der Waals surface area contributed by atoms with E-state index in [4.69, 9.17) is 0 Å². The van der Waals surface area contributed by atoms with Crippen LogP contribution in [-0.4, -0.2) is 28.8 Å². The fourth-order valence-electron chi connectivity index (χ4n) is 2.30. The van der Waals surface area contributed by atoms with E-state index >= 15 is 0 Å². The summed E-state index contributed by atoms with van der Waals surface area (Å²) in [6, 6.07) is -0.845. The van der Waals surface area contributed by atoms with Crippen LogP contribution in [-0.2, 0) is 9.59 Å². The molecule has 1 heterocycles. The number of amides is 2. The maximum absolute atomic E-state index is 11.9. The van der Waals surface area contributed by atoms with E-state index in [2.05, 4.69) is 10.3 Å². The molecule has 5 nitrogen and oxygen atoms in total. The van der Waals surface area contributed by atoms with Crippen LogP contribution in [0.1, 0.15) is 40.0 Å². The van der Waals surface area contributed by atoms with Crippen LogP contribution in [0.4, 0.5) is 0 Å². The Kier molecular flexibility index (Phi) is 9.06. The molecule has 2 unspecified atom stereocenters. The van der Waals surface area contributed by atoms with E-state index in [1.165, 1.54) is 0 Å². The number of carbonyl (C=O) groups excluding carboxylic acids is 2. The van der Waals surface area contributed by atoms with Gasteiger partial charge in [0.15, 0.2) is 0 Å². The first kappa shape index (κ1) is 20.2. The van der Waals surface area contributed by atoms with Crippen molar-refractivity contribution in [2.75, 3.05) is 0 Å². The van der Waals surface area contributed by atoms with E-state index in [1.807, 2.05) is 13.8 Å². The van der Waals surface area contributed by atoms with Crippen LogP contribution < -0.4 is 40.0 Å². The van der Waals surface area contributed by atoms with Crippen molar-refractivity contribution in [3.8, 4) is 0 Å². The van der Waals surface area contributed by atoms with Crippen molar-refractivity contribution in [1.82, 2.24) is 5.32 Å². The van der Waals surface area contributed by atoms with Gasteiger partial charge < -0.3 is 10.4 Å². The van der Waals surface area contributed by atoms with Crippen LogP contribution in [0, 0.1) is 11.3 Å². The van der Waals surface area contributed by atoms with E-state index in [-0.39, 0.29) is 46.4 Å². The molecule has 0 radical (unpaired) electrons. The average molecular weight is 280 g/mol. The van der Waals surface area contributed by atoms with Gasteiger partial charge in [0.05, 0.1) is 6.02 Å². The molecule has 0 bridgehead atoms. The van der Waals surface area contributed by atoms with Crippen molar-refractivity contribution in [3.63, 3.8) is 0 Å². The van der Waals surface area contributed by atoms with Crippen LogP contribution in [0.2, 0.25) is 0 Å². The standard InChI is InChI=1S/C11H18N2O3.Na.H4Si/c1-4-6-7(3)11(5-2)8(14)12-10(16)13-9(11)15;;/h7H,4-6H2,1-3H3,(H2,12,13,14,15,16);;1H4/q;+1;/p-1. The predicted molar refractivity (Wildman–Crippen MR) is 68.7 cm³/mol. The van der Waals surface area contributed by atoms with Gasteiger partial charge in [0.1, 0.15) is 5.41 Å². The van der Waals surface area contributed by atoms with Gasteiger partial charge in [-0.05, 0) is 29.7 Å². The summed E-state index contributed by atoms with van der Waals surface area (Å²) in [5.74, 6) is -1.20. The first-order valence-corrected chi connectivity index (χ1v) is 5.60. The average Bonchev–Trinajstić information content (AvgIpc) is 2.18. The Morgan fingerprint density at radius 2 is 1.94 bits per heavy atom. The van der Waals surface area contributed by atoms with Crippen molar-refractivity contribution >= 4 is 28.8 Å². The van der Waals surface area contributed by atoms with Gasteiger partial charge in [-0.2, -0.15) is 0 Å². The normalized spacial score (nSPS) is 24.3. The third-order valence-corrected chi connectivity index (χ3v) is 3.33. The number of nitrogens with zero attached hydrogens (tertiary/aromatic N) is 1. The van der Waals surface area contributed by atoms with E-state index in [0.717, 1.165) is 12.8 Å². The van der Waals surface area contributed by atoms with Gasteiger partial charge in [0.2, 0.25) is 5.91 Å². The smallest absolute Gasteiger partial charge is 0.846 e. The molecule has 18 heavy (non-hydrogen) atoms. The molecule has 0 saturated heterocycles. The fourth-order valence-corrected chi connectivity index (χ4v) is 2.30. The van der Waals surface area contributed by atoms with Gasteiger partial charge in [0.25, 0.3) is 5.91 Å². The Morgan fingerprint density at radius 3 is 2.33 bits per heavy atom. The zero-order valence-corrected chi connectivity index (χ0v) is 12.9. The minimum Gasteiger partial charge on any atom is -0.846 e. The summed E-state index contributed by atoms with van der Waals surface area (Å²) in [6.45, 7) is 5.62. The minimum atomic E-state index is -1.15. The molecule has 2 amide bonds. The molecule has 2 atom stereocenters. The molecule has 1 aliphatic rings. The molecule has 0 saturated carbocycles. The van der Waals surface area contributed by atoms with Gasteiger partial charge in [-0.3, -0.25) is 9.59 Å². The summed E-state index contributed by atoms with van der Waals surface area (Å²) in [5.41, 5.74) is -1.15. The Hall–Kier alpha value is -0.173. The molecule has 0 aromatic heterocycles. The maximum Gasteiger partial charge on any atom is 1.00 e. The van der Waals surface area contributed by atoms with Crippen LogP contribution in [0.3, 0.4) is 0 Å². The molecular formula is C11H21N2NaO3Si. The van der Waals surface area contributed by atoms with Gasteiger partial charge in [-0.1, -0.05) is 27.2 Å². The summed E-state index contributed by atoms with van der Waals surface area (Å²) in [6.07, 6.45) is 2.02. The zero-order valence-electron chi connectivity index (χ0n) is 10.9. The molecule has 1 rings (SSSR count). The molecule has 0 aromatic rings. The Labute approximate surface area is 134 Å². The molecule has 98 valence electrons. The molecule has 0 aromatic carbocycles. The maximum atomic E-state index is 11.9. The van der Waals surface area contributed by atoms with Crippen LogP contribution >= 0.6 is 0 Å². The number of aliphatic imine (C=N–C) groups is 1. The van der Waals surface area contributed by atoms with E-state index in [9.17, 15) is 14.7 Å². The Balaban J connectivity index is 0. The van der Waals surface area contributed by atoms with Crippen LogP contribution in [0.5, 0.6) is 0 Å². The van der Waals surface area contributed by atoms with Crippen molar-refractivity contribution in [2.45, 2.75) is 40.0 Å². The topological polar surface area (TPSA) is 81.6 Å². The van der Waals surface area contributed by atoms with E-state index in [0.29, 0.717) is 6.42 Å². The summed E-state index contributed by atoms with van der Waals surface area (Å²) in [7, 11) is 0. The molecular weight excluding hydrogens is 259 g/mol. The SMILES string of the molecule is CCCC(C)C1(CC)C(=O)N=C([O-])NC1=O.[Na+].[SiH4]. The summed E-state index contributed by atoms with van der Waals surface area (Å²) >= 11 is 0. The van der Waals surface area contributed by atoms with Gasteiger partial charge in [-0.15, -0.1) is 0 Å². The third-order valence-electron chi connectivity index (χ3n) is 3.33. The molecule has 7 heteroatoms. The van der Waals surface area contributed by atoms with Crippen molar-refractivity contribution < 1.29 is 44.3 Å². The summed E-state index contributed by atoms with van der Waals surface area (Å²) in [4.78, 5) is 27.1. The number of nitrogens with one attached hydrogen (secondary N) is 1. The first-order chi connectivity index (χ1) is 7.48. The quantitative estimate of drug-likeness (QED) is 0.418. The zero-order chi connectivity index (χ0) is 12.3.